The molecular formula is C16H23IN6O. The van der Waals surface area contributed by atoms with E-state index in [2.05, 4.69) is 15.1 Å². The van der Waals surface area contributed by atoms with Crippen molar-refractivity contribution in [1.29, 1.82) is 0 Å². The quantitative estimate of drug-likeness (QED) is 0.444. The van der Waals surface area contributed by atoms with Crippen molar-refractivity contribution in [2.45, 2.75) is 20.4 Å². The van der Waals surface area contributed by atoms with Gasteiger partial charge in [0.25, 0.3) is 0 Å². The molecule has 1 aliphatic heterocycles. The number of halogens is 1. The fourth-order valence-electron chi connectivity index (χ4n) is 2.56. The molecule has 1 aliphatic rings. The maximum Gasteiger partial charge on any atom is 0.191 e. The topological polar surface area (TPSA) is 81.6 Å². The highest BCUT2D eigenvalue weighted by Gasteiger charge is 2.12. The Balaban J connectivity index is 0.00000208. The van der Waals surface area contributed by atoms with Crippen LogP contribution in [0.25, 0.3) is 5.82 Å². The van der Waals surface area contributed by atoms with Crippen LogP contribution < -0.4 is 5.73 Å². The zero-order valence-corrected chi connectivity index (χ0v) is 16.3. The molecule has 2 aromatic heterocycles. The van der Waals surface area contributed by atoms with Gasteiger partial charge in [0, 0.05) is 25.0 Å². The van der Waals surface area contributed by atoms with Gasteiger partial charge in [-0.15, -0.1) is 24.0 Å². The van der Waals surface area contributed by atoms with E-state index >= 15 is 0 Å². The largest absolute Gasteiger partial charge is 0.378 e. The van der Waals surface area contributed by atoms with Crippen LogP contribution in [0.1, 0.15) is 17.0 Å². The third-order valence-corrected chi connectivity index (χ3v) is 3.79. The Hall–Kier alpha value is -1.68. The van der Waals surface area contributed by atoms with E-state index in [1.54, 1.807) is 0 Å². The molecule has 2 N–H and O–H groups in total. The Morgan fingerprint density at radius 2 is 2.04 bits per heavy atom. The van der Waals surface area contributed by atoms with Crippen LogP contribution in [0.3, 0.4) is 0 Å². The van der Waals surface area contributed by atoms with Gasteiger partial charge in [-0.1, -0.05) is 6.07 Å². The van der Waals surface area contributed by atoms with Crippen molar-refractivity contribution >= 4 is 29.9 Å². The smallest absolute Gasteiger partial charge is 0.191 e. The average Bonchev–Trinajstić information content (AvgIpc) is 2.92. The number of hydrogen-bond donors (Lipinski definition) is 1. The number of rotatable bonds is 3. The van der Waals surface area contributed by atoms with E-state index in [1.165, 1.54) is 0 Å². The van der Waals surface area contributed by atoms with Crippen LogP contribution in [0.15, 0.2) is 29.4 Å². The second-order valence-electron chi connectivity index (χ2n) is 5.64. The number of hydrogen-bond acceptors (Lipinski definition) is 4. The first-order valence-corrected chi connectivity index (χ1v) is 7.74. The van der Waals surface area contributed by atoms with Gasteiger partial charge in [-0.25, -0.2) is 14.7 Å². The summed E-state index contributed by atoms with van der Waals surface area (Å²) in [6, 6.07) is 5.99. The molecule has 0 bridgehead atoms. The highest BCUT2D eigenvalue weighted by Crippen LogP contribution is 2.11. The van der Waals surface area contributed by atoms with Crippen molar-refractivity contribution in [3.63, 3.8) is 0 Å². The van der Waals surface area contributed by atoms with E-state index in [9.17, 15) is 0 Å². The van der Waals surface area contributed by atoms with Crippen molar-refractivity contribution in [1.82, 2.24) is 19.7 Å². The molecule has 0 amide bonds. The molecule has 0 spiro atoms. The first kappa shape index (κ1) is 18.7. The fourth-order valence-corrected chi connectivity index (χ4v) is 2.56. The van der Waals surface area contributed by atoms with Gasteiger partial charge in [-0.2, -0.15) is 5.10 Å². The molecule has 130 valence electrons. The van der Waals surface area contributed by atoms with E-state index in [4.69, 9.17) is 10.5 Å². The number of guanidine groups is 1. The minimum absolute atomic E-state index is 0. The van der Waals surface area contributed by atoms with Gasteiger partial charge in [-0.3, -0.25) is 0 Å². The van der Waals surface area contributed by atoms with Gasteiger partial charge in [0.1, 0.15) is 0 Å². The van der Waals surface area contributed by atoms with Crippen molar-refractivity contribution in [3.8, 4) is 5.82 Å². The minimum Gasteiger partial charge on any atom is -0.378 e. The summed E-state index contributed by atoms with van der Waals surface area (Å²) in [5.74, 6) is 1.38. The summed E-state index contributed by atoms with van der Waals surface area (Å²) in [6.07, 6.45) is 1.82. The summed E-state index contributed by atoms with van der Waals surface area (Å²) in [5.41, 5.74) is 9.10. The maximum absolute atomic E-state index is 6.03. The van der Waals surface area contributed by atoms with E-state index in [-0.39, 0.29) is 24.0 Å². The lowest BCUT2D eigenvalue weighted by Crippen LogP contribution is -2.44. The Kier molecular flexibility index (Phi) is 6.55. The molecule has 3 rings (SSSR count). The molecule has 2 aromatic rings. The predicted molar refractivity (Wildman–Crippen MR) is 104 cm³/mol. The zero-order chi connectivity index (χ0) is 16.2. The molecule has 0 aromatic carbocycles. The van der Waals surface area contributed by atoms with Crippen LogP contribution in [-0.4, -0.2) is 51.9 Å². The number of morpholine rings is 1. The molecule has 0 unspecified atom stereocenters. The molecule has 0 radical (unpaired) electrons. The number of nitrogens with zero attached hydrogens (tertiary/aromatic N) is 5. The van der Waals surface area contributed by atoms with Gasteiger partial charge in [-0.05, 0) is 31.5 Å². The predicted octanol–water partition coefficient (Wildman–Crippen LogP) is 1.65. The summed E-state index contributed by atoms with van der Waals surface area (Å²) in [7, 11) is 0. The first-order chi connectivity index (χ1) is 11.1. The third-order valence-electron chi connectivity index (χ3n) is 3.79. The lowest BCUT2D eigenvalue weighted by Gasteiger charge is -2.27. The lowest BCUT2D eigenvalue weighted by atomic mass is 10.3. The van der Waals surface area contributed by atoms with Crippen molar-refractivity contribution in [2.75, 3.05) is 26.3 Å². The Labute approximate surface area is 158 Å². The lowest BCUT2D eigenvalue weighted by molar-refractivity contribution is 0.0674. The molecule has 7 nitrogen and oxygen atoms in total. The molecule has 0 saturated carbocycles. The standard InChI is InChI=1S/C16H22N6O.HI/c1-12-9-13(2)22(20-12)15-4-3-14(10-18-15)11-19-16(17)21-5-7-23-8-6-21;/h3-4,9-10H,5-8,11H2,1-2H3,(H2,17,19);1H. The van der Waals surface area contributed by atoms with Crippen molar-refractivity contribution < 1.29 is 4.74 Å². The van der Waals surface area contributed by atoms with Crippen molar-refractivity contribution in [3.05, 3.63) is 41.3 Å². The highest BCUT2D eigenvalue weighted by atomic mass is 127. The fraction of sp³-hybridized carbons (Fsp3) is 0.438. The van der Waals surface area contributed by atoms with Gasteiger partial charge in [0.2, 0.25) is 0 Å². The van der Waals surface area contributed by atoms with Crippen LogP contribution in [0.5, 0.6) is 0 Å². The average molecular weight is 442 g/mol. The number of nitrogens with two attached hydrogens (primary N) is 1. The van der Waals surface area contributed by atoms with E-state index < -0.39 is 0 Å². The number of aliphatic imine (C=N–C) groups is 1. The number of aromatic nitrogens is 3. The summed E-state index contributed by atoms with van der Waals surface area (Å²) in [6.45, 7) is 7.51. The molecule has 0 atom stereocenters. The summed E-state index contributed by atoms with van der Waals surface area (Å²) >= 11 is 0. The SMILES string of the molecule is Cc1cc(C)n(-c2ccc(CN=C(N)N3CCOCC3)cn2)n1.I. The van der Waals surface area contributed by atoms with E-state index in [0.717, 1.165) is 35.9 Å². The number of pyridine rings is 1. The second-order valence-corrected chi connectivity index (χ2v) is 5.64. The second kappa shape index (κ2) is 8.43. The van der Waals surface area contributed by atoms with Crippen molar-refractivity contribution in [2.24, 2.45) is 10.7 Å². The van der Waals surface area contributed by atoms with Gasteiger partial charge >= 0.3 is 0 Å². The van der Waals surface area contributed by atoms with Gasteiger partial charge in [0.05, 0.1) is 25.5 Å². The maximum atomic E-state index is 6.03. The van der Waals surface area contributed by atoms with Gasteiger partial charge < -0.3 is 15.4 Å². The Morgan fingerprint density at radius 3 is 2.62 bits per heavy atom. The Bertz CT molecular complexity index is 691. The summed E-state index contributed by atoms with van der Waals surface area (Å²) < 4.78 is 7.15. The molecule has 24 heavy (non-hydrogen) atoms. The minimum atomic E-state index is 0. The van der Waals surface area contributed by atoms with E-state index in [1.807, 2.05) is 47.8 Å². The summed E-state index contributed by atoms with van der Waals surface area (Å²) in [5, 5.41) is 4.43. The van der Waals surface area contributed by atoms with E-state index in [0.29, 0.717) is 25.7 Å². The van der Waals surface area contributed by atoms with Crippen LogP contribution in [0.4, 0.5) is 0 Å². The number of aryl methyl sites for hydroxylation is 2. The molecule has 1 saturated heterocycles. The van der Waals surface area contributed by atoms with Crippen LogP contribution >= 0.6 is 24.0 Å². The molecule has 1 fully saturated rings. The third kappa shape index (κ3) is 4.44. The van der Waals surface area contributed by atoms with Crippen LogP contribution in [0.2, 0.25) is 0 Å². The molecule has 8 heteroatoms. The molecular weight excluding hydrogens is 419 g/mol. The normalized spacial score (nSPS) is 15.2. The van der Waals surface area contributed by atoms with Crippen LogP contribution in [-0.2, 0) is 11.3 Å². The monoisotopic (exact) mass is 442 g/mol. The zero-order valence-electron chi connectivity index (χ0n) is 14.0. The molecule has 3 heterocycles. The summed E-state index contributed by atoms with van der Waals surface area (Å²) in [4.78, 5) is 11.0. The van der Waals surface area contributed by atoms with Crippen LogP contribution in [0, 0.1) is 13.8 Å². The molecule has 0 aliphatic carbocycles. The first-order valence-electron chi connectivity index (χ1n) is 7.74. The van der Waals surface area contributed by atoms with Gasteiger partial charge in [0.15, 0.2) is 11.8 Å². The highest BCUT2D eigenvalue weighted by molar-refractivity contribution is 14.0. The number of ether oxygens (including phenoxy) is 1. The Morgan fingerprint density at radius 1 is 1.29 bits per heavy atom.